The Balaban J connectivity index is 2.17. The minimum absolute atomic E-state index is 0.417. The third-order valence-electron chi connectivity index (χ3n) is 5.18. The average molecular weight is 283 g/mol. The van der Waals surface area contributed by atoms with Crippen molar-refractivity contribution in [2.24, 2.45) is 5.92 Å². The predicted octanol–water partition coefficient (Wildman–Crippen LogP) is 4.45. The van der Waals surface area contributed by atoms with Crippen LogP contribution in [0.15, 0.2) is 0 Å². The van der Waals surface area contributed by atoms with Crippen molar-refractivity contribution < 1.29 is 0 Å². The minimum atomic E-state index is 0.417. The van der Waals surface area contributed by atoms with Gasteiger partial charge in [-0.05, 0) is 45.8 Å². The number of rotatable bonds is 10. The molecule has 0 spiro atoms. The van der Waals surface area contributed by atoms with E-state index in [-0.39, 0.29) is 0 Å². The van der Waals surface area contributed by atoms with Gasteiger partial charge in [0.1, 0.15) is 0 Å². The van der Waals surface area contributed by atoms with Crippen LogP contribution in [0.4, 0.5) is 0 Å². The van der Waals surface area contributed by atoms with E-state index in [1.807, 2.05) is 0 Å². The van der Waals surface area contributed by atoms with Crippen LogP contribution in [0.25, 0.3) is 0 Å². The molecule has 1 N–H and O–H groups in total. The Morgan fingerprint density at radius 2 is 1.80 bits per heavy atom. The molecular formula is C18H38N2. The number of nitrogens with one attached hydrogen (secondary N) is 1. The van der Waals surface area contributed by atoms with Gasteiger partial charge in [-0.1, -0.05) is 58.8 Å². The second-order valence-corrected chi connectivity index (χ2v) is 7.26. The molecule has 0 aromatic carbocycles. The van der Waals surface area contributed by atoms with E-state index >= 15 is 0 Å². The van der Waals surface area contributed by atoms with Crippen LogP contribution in [-0.4, -0.2) is 37.6 Å². The largest absolute Gasteiger partial charge is 0.315 e. The number of hydrogen-bond acceptors (Lipinski definition) is 2. The maximum absolute atomic E-state index is 3.75. The van der Waals surface area contributed by atoms with Crippen molar-refractivity contribution in [3.05, 3.63) is 0 Å². The first kappa shape index (κ1) is 18.0. The van der Waals surface area contributed by atoms with E-state index < -0.39 is 0 Å². The van der Waals surface area contributed by atoms with Crippen LogP contribution in [0, 0.1) is 5.92 Å². The van der Waals surface area contributed by atoms with Crippen LogP contribution >= 0.6 is 0 Å². The predicted molar refractivity (Wildman–Crippen MR) is 90.3 cm³/mol. The maximum atomic E-state index is 3.75. The molecule has 1 fully saturated rings. The summed E-state index contributed by atoms with van der Waals surface area (Å²) in [5, 5.41) is 3.75. The Hall–Kier alpha value is -0.0800. The van der Waals surface area contributed by atoms with Gasteiger partial charge in [0.15, 0.2) is 0 Å². The first-order chi connectivity index (χ1) is 9.60. The van der Waals surface area contributed by atoms with E-state index in [1.165, 1.54) is 77.3 Å². The molecule has 0 radical (unpaired) electrons. The second-order valence-electron chi connectivity index (χ2n) is 7.26. The van der Waals surface area contributed by atoms with Gasteiger partial charge < -0.3 is 10.2 Å². The van der Waals surface area contributed by atoms with Crippen molar-refractivity contribution in [3.63, 3.8) is 0 Å². The topological polar surface area (TPSA) is 15.3 Å². The molecule has 0 heterocycles. The summed E-state index contributed by atoms with van der Waals surface area (Å²) in [4.78, 5) is 2.48. The van der Waals surface area contributed by atoms with Gasteiger partial charge in [-0.3, -0.25) is 0 Å². The molecule has 2 unspecified atom stereocenters. The molecular weight excluding hydrogens is 244 g/mol. The molecule has 2 heteroatoms. The van der Waals surface area contributed by atoms with E-state index in [1.54, 1.807) is 0 Å². The third-order valence-corrected chi connectivity index (χ3v) is 5.18. The van der Waals surface area contributed by atoms with E-state index in [0.717, 1.165) is 5.92 Å². The Labute approximate surface area is 127 Å². The molecule has 0 aliphatic heterocycles. The van der Waals surface area contributed by atoms with Crippen LogP contribution in [0.3, 0.4) is 0 Å². The lowest BCUT2D eigenvalue weighted by Gasteiger charge is -2.45. The zero-order valence-corrected chi connectivity index (χ0v) is 14.5. The Morgan fingerprint density at radius 1 is 1.10 bits per heavy atom. The monoisotopic (exact) mass is 282 g/mol. The minimum Gasteiger partial charge on any atom is -0.315 e. The number of nitrogens with zero attached hydrogens (tertiary/aromatic N) is 1. The fraction of sp³-hybridized carbons (Fsp3) is 1.00. The van der Waals surface area contributed by atoms with Crippen LogP contribution in [-0.2, 0) is 0 Å². The molecule has 120 valence electrons. The highest BCUT2D eigenvalue weighted by atomic mass is 15.2. The smallest absolute Gasteiger partial charge is 0.0330 e. The summed E-state index contributed by atoms with van der Waals surface area (Å²) < 4.78 is 0. The molecule has 0 aromatic heterocycles. The molecule has 0 amide bonds. The maximum Gasteiger partial charge on any atom is 0.0330 e. The van der Waals surface area contributed by atoms with Gasteiger partial charge in [0.25, 0.3) is 0 Å². The van der Waals surface area contributed by atoms with Crippen molar-refractivity contribution >= 4 is 0 Å². The second kappa shape index (κ2) is 9.78. The molecule has 1 aliphatic carbocycles. The first-order valence-corrected chi connectivity index (χ1v) is 8.99. The van der Waals surface area contributed by atoms with E-state index in [0.29, 0.717) is 5.54 Å². The van der Waals surface area contributed by atoms with Gasteiger partial charge in [0.2, 0.25) is 0 Å². The normalized spacial score (nSPS) is 27.1. The van der Waals surface area contributed by atoms with E-state index in [2.05, 4.69) is 38.2 Å². The van der Waals surface area contributed by atoms with Gasteiger partial charge >= 0.3 is 0 Å². The van der Waals surface area contributed by atoms with Crippen molar-refractivity contribution in [2.45, 2.75) is 83.6 Å². The zero-order valence-electron chi connectivity index (χ0n) is 14.5. The third kappa shape index (κ3) is 6.13. The van der Waals surface area contributed by atoms with Crippen LogP contribution < -0.4 is 5.32 Å². The Kier molecular flexibility index (Phi) is 8.79. The summed E-state index contributed by atoms with van der Waals surface area (Å²) in [5.74, 6) is 0.891. The Bertz CT molecular complexity index is 240. The number of unbranched alkanes of at least 4 members (excludes halogenated alkanes) is 5. The first-order valence-electron chi connectivity index (χ1n) is 8.99. The highest BCUT2D eigenvalue weighted by molar-refractivity contribution is 4.94. The SMILES string of the molecule is CCCCCCCCNCC1(N(C)C)CCCC(C)C1. The lowest BCUT2D eigenvalue weighted by molar-refractivity contribution is 0.0753. The molecule has 2 atom stereocenters. The highest BCUT2D eigenvalue weighted by Gasteiger charge is 2.36. The Morgan fingerprint density at radius 3 is 2.45 bits per heavy atom. The van der Waals surface area contributed by atoms with Gasteiger partial charge in [0.05, 0.1) is 0 Å². The van der Waals surface area contributed by atoms with Crippen molar-refractivity contribution in [3.8, 4) is 0 Å². The van der Waals surface area contributed by atoms with Crippen LogP contribution in [0.1, 0.15) is 78.1 Å². The van der Waals surface area contributed by atoms with Gasteiger partial charge in [-0.25, -0.2) is 0 Å². The quantitative estimate of drug-likeness (QED) is 0.596. The summed E-state index contributed by atoms with van der Waals surface area (Å²) in [5.41, 5.74) is 0.417. The summed E-state index contributed by atoms with van der Waals surface area (Å²) in [6, 6.07) is 0. The van der Waals surface area contributed by atoms with Crippen molar-refractivity contribution in [2.75, 3.05) is 27.2 Å². The lowest BCUT2D eigenvalue weighted by atomic mass is 9.75. The summed E-state index contributed by atoms with van der Waals surface area (Å²) in [6.07, 6.45) is 13.9. The van der Waals surface area contributed by atoms with Crippen LogP contribution in [0.5, 0.6) is 0 Å². The standard InChI is InChI=1S/C18H38N2/c1-5-6-7-8-9-10-14-19-16-18(20(3)4)13-11-12-17(2)15-18/h17,19H,5-16H2,1-4H3. The van der Waals surface area contributed by atoms with Crippen molar-refractivity contribution in [1.82, 2.24) is 10.2 Å². The van der Waals surface area contributed by atoms with Gasteiger partial charge in [0, 0.05) is 12.1 Å². The molecule has 0 aromatic rings. The molecule has 2 nitrogen and oxygen atoms in total. The molecule has 1 rings (SSSR count). The summed E-state index contributed by atoms with van der Waals surface area (Å²) in [6.45, 7) is 7.09. The van der Waals surface area contributed by atoms with E-state index in [9.17, 15) is 0 Å². The molecule has 0 bridgehead atoms. The van der Waals surface area contributed by atoms with E-state index in [4.69, 9.17) is 0 Å². The summed E-state index contributed by atoms with van der Waals surface area (Å²) in [7, 11) is 4.54. The number of likely N-dealkylation sites (N-methyl/N-ethyl adjacent to an activating group) is 1. The molecule has 1 saturated carbocycles. The molecule has 20 heavy (non-hydrogen) atoms. The average Bonchev–Trinajstić information content (AvgIpc) is 2.41. The highest BCUT2D eigenvalue weighted by Crippen LogP contribution is 2.35. The fourth-order valence-corrected chi connectivity index (χ4v) is 3.71. The molecule has 0 saturated heterocycles. The van der Waals surface area contributed by atoms with Crippen LogP contribution in [0.2, 0.25) is 0 Å². The fourth-order valence-electron chi connectivity index (χ4n) is 3.71. The zero-order chi connectivity index (χ0) is 14.8. The lowest BCUT2D eigenvalue weighted by Crippen LogP contribution is -2.54. The number of hydrogen-bond donors (Lipinski definition) is 1. The summed E-state index contributed by atoms with van der Waals surface area (Å²) >= 11 is 0. The molecule has 1 aliphatic rings. The van der Waals surface area contributed by atoms with Crippen molar-refractivity contribution in [1.29, 1.82) is 0 Å². The van der Waals surface area contributed by atoms with Gasteiger partial charge in [-0.15, -0.1) is 0 Å². The van der Waals surface area contributed by atoms with Gasteiger partial charge in [-0.2, -0.15) is 0 Å².